The van der Waals surface area contributed by atoms with Crippen LogP contribution in [-0.2, 0) is 12.0 Å². The maximum atomic E-state index is 12.4. The number of nitrogens with zero attached hydrogens (tertiary/aromatic N) is 2. The highest BCUT2D eigenvalue weighted by molar-refractivity contribution is 7.13. The molecule has 0 aliphatic rings. The van der Waals surface area contributed by atoms with E-state index in [9.17, 15) is 4.79 Å². The van der Waals surface area contributed by atoms with E-state index in [2.05, 4.69) is 15.5 Å². The Morgan fingerprint density at radius 3 is 2.79 bits per heavy atom. The van der Waals surface area contributed by atoms with E-state index in [-0.39, 0.29) is 17.9 Å². The Bertz CT molecular complexity index is 841. The van der Waals surface area contributed by atoms with Gasteiger partial charge in [0.15, 0.2) is 0 Å². The molecule has 0 aliphatic carbocycles. The first kappa shape index (κ1) is 16.4. The summed E-state index contributed by atoms with van der Waals surface area (Å²) >= 11 is 1.53. The Labute approximate surface area is 143 Å². The minimum atomic E-state index is -0.220. The minimum Gasteiger partial charge on any atom is -0.465 e. The average Bonchev–Trinajstić information content (AvgIpc) is 3.23. The van der Waals surface area contributed by atoms with Crippen molar-refractivity contribution in [3.8, 4) is 10.7 Å². The summed E-state index contributed by atoms with van der Waals surface area (Å²) in [5.41, 5.74) is 0.378. The summed E-state index contributed by atoms with van der Waals surface area (Å²) in [4.78, 5) is 17.6. The molecule has 7 heteroatoms. The smallest absolute Gasteiger partial charge is 0.255 e. The standard InChI is InChI=1S/C17H19N3O3S/c1-10-11(8-13(22-10)17(2,3)4)16(21)18-9-14-19-15(20-23-14)12-6-5-7-24-12/h5-8H,9H2,1-4H3,(H,18,21). The molecule has 0 bridgehead atoms. The van der Waals surface area contributed by atoms with Crippen LogP contribution in [0.2, 0.25) is 0 Å². The van der Waals surface area contributed by atoms with Crippen molar-refractivity contribution in [1.29, 1.82) is 0 Å². The molecule has 0 radical (unpaired) electrons. The lowest BCUT2D eigenvalue weighted by Crippen LogP contribution is -2.23. The average molecular weight is 345 g/mol. The highest BCUT2D eigenvalue weighted by Crippen LogP contribution is 2.27. The van der Waals surface area contributed by atoms with Crippen LogP contribution in [0.1, 0.15) is 48.5 Å². The Hall–Kier alpha value is -2.41. The predicted molar refractivity (Wildman–Crippen MR) is 90.9 cm³/mol. The molecule has 0 saturated carbocycles. The fraction of sp³-hybridized carbons (Fsp3) is 0.353. The molecular weight excluding hydrogens is 326 g/mol. The summed E-state index contributed by atoms with van der Waals surface area (Å²) in [5, 5.41) is 8.65. The van der Waals surface area contributed by atoms with Crippen LogP contribution in [0.25, 0.3) is 10.7 Å². The molecule has 1 amide bonds. The van der Waals surface area contributed by atoms with Crippen LogP contribution in [-0.4, -0.2) is 16.0 Å². The number of nitrogens with one attached hydrogen (secondary N) is 1. The number of hydrogen-bond acceptors (Lipinski definition) is 6. The van der Waals surface area contributed by atoms with E-state index in [1.807, 2.05) is 38.3 Å². The molecule has 0 aromatic carbocycles. The fourth-order valence-corrected chi connectivity index (χ4v) is 2.81. The highest BCUT2D eigenvalue weighted by atomic mass is 32.1. The molecule has 0 fully saturated rings. The molecule has 126 valence electrons. The summed E-state index contributed by atoms with van der Waals surface area (Å²) in [5.74, 6) is 2.06. The lowest BCUT2D eigenvalue weighted by molar-refractivity contribution is 0.0944. The molecular formula is C17H19N3O3S. The first-order valence-corrected chi connectivity index (χ1v) is 8.48. The van der Waals surface area contributed by atoms with Crippen molar-refractivity contribution in [2.24, 2.45) is 0 Å². The predicted octanol–water partition coefficient (Wildman–Crippen LogP) is 3.93. The number of furan rings is 1. The van der Waals surface area contributed by atoms with Gasteiger partial charge in [0.1, 0.15) is 11.5 Å². The van der Waals surface area contributed by atoms with Crippen LogP contribution >= 0.6 is 11.3 Å². The van der Waals surface area contributed by atoms with Gasteiger partial charge in [0.25, 0.3) is 5.91 Å². The Morgan fingerprint density at radius 1 is 1.38 bits per heavy atom. The molecule has 1 N–H and O–H groups in total. The largest absolute Gasteiger partial charge is 0.465 e. The van der Waals surface area contributed by atoms with Crippen LogP contribution in [0.5, 0.6) is 0 Å². The van der Waals surface area contributed by atoms with Gasteiger partial charge in [-0.1, -0.05) is 32.0 Å². The second-order valence-corrected chi connectivity index (χ2v) is 7.45. The Kier molecular flexibility index (Phi) is 4.28. The number of carbonyl (C=O) groups is 1. The van der Waals surface area contributed by atoms with Crippen molar-refractivity contribution >= 4 is 17.2 Å². The lowest BCUT2D eigenvalue weighted by Gasteiger charge is -2.13. The van der Waals surface area contributed by atoms with E-state index in [1.54, 1.807) is 13.0 Å². The monoisotopic (exact) mass is 345 g/mol. The second kappa shape index (κ2) is 6.24. The molecule has 6 nitrogen and oxygen atoms in total. The van der Waals surface area contributed by atoms with Gasteiger partial charge in [0, 0.05) is 5.41 Å². The van der Waals surface area contributed by atoms with Crippen LogP contribution in [0, 0.1) is 6.92 Å². The van der Waals surface area contributed by atoms with Gasteiger partial charge in [-0.15, -0.1) is 11.3 Å². The number of carbonyl (C=O) groups excluding carboxylic acids is 1. The zero-order valence-electron chi connectivity index (χ0n) is 14.0. The molecule has 0 atom stereocenters. The van der Waals surface area contributed by atoms with Crippen molar-refractivity contribution in [1.82, 2.24) is 15.5 Å². The van der Waals surface area contributed by atoms with Crippen molar-refractivity contribution < 1.29 is 13.7 Å². The van der Waals surface area contributed by atoms with Gasteiger partial charge >= 0.3 is 0 Å². The molecule has 24 heavy (non-hydrogen) atoms. The zero-order chi connectivity index (χ0) is 17.3. The lowest BCUT2D eigenvalue weighted by atomic mass is 9.93. The molecule has 0 spiro atoms. The summed E-state index contributed by atoms with van der Waals surface area (Å²) in [6.07, 6.45) is 0. The van der Waals surface area contributed by atoms with E-state index >= 15 is 0 Å². The van der Waals surface area contributed by atoms with Crippen molar-refractivity contribution in [2.45, 2.75) is 39.7 Å². The van der Waals surface area contributed by atoms with Gasteiger partial charge < -0.3 is 14.3 Å². The maximum Gasteiger partial charge on any atom is 0.255 e. The van der Waals surface area contributed by atoms with E-state index in [4.69, 9.17) is 8.94 Å². The van der Waals surface area contributed by atoms with Crippen LogP contribution in [0.4, 0.5) is 0 Å². The van der Waals surface area contributed by atoms with Crippen LogP contribution in [0.15, 0.2) is 32.5 Å². The molecule has 3 aromatic rings. The Balaban J connectivity index is 1.67. The van der Waals surface area contributed by atoms with E-state index in [0.29, 0.717) is 23.0 Å². The van der Waals surface area contributed by atoms with E-state index < -0.39 is 0 Å². The maximum absolute atomic E-state index is 12.4. The fourth-order valence-electron chi connectivity index (χ4n) is 2.16. The third-order valence-electron chi connectivity index (χ3n) is 3.51. The molecule has 0 unspecified atom stereocenters. The quantitative estimate of drug-likeness (QED) is 0.775. The van der Waals surface area contributed by atoms with Gasteiger partial charge in [0.05, 0.1) is 17.0 Å². The number of amides is 1. The number of rotatable bonds is 4. The SMILES string of the molecule is Cc1oc(C(C)(C)C)cc1C(=O)NCc1nc(-c2cccs2)no1. The van der Waals surface area contributed by atoms with Gasteiger partial charge in [0.2, 0.25) is 11.7 Å². The number of aromatic nitrogens is 2. The summed E-state index contributed by atoms with van der Waals surface area (Å²) in [6.45, 7) is 8.07. The Morgan fingerprint density at radius 2 is 2.17 bits per heavy atom. The normalized spacial score (nSPS) is 11.7. The first-order valence-electron chi connectivity index (χ1n) is 7.60. The zero-order valence-corrected chi connectivity index (χ0v) is 14.9. The molecule has 0 aliphatic heterocycles. The molecule has 3 rings (SSSR count). The second-order valence-electron chi connectivity index (χ2n) is 6.50. The van der Waals surface area contributed by atoms with Crippen molar-refractivity contribution in [3.63, 3.8) is 0 Å². The van der Waals surface area contributed by atoms with Crippen LogP contribution in [0.3, 0.4) is 0 Å². The summed E-state index contributed by atoms with van der Waals surface area (Å²) in [6, 6.07) is 5.63. The third kappa shape index (κ3) is 3.41. The summed E-state index contributed by atoms with van der Waals surface area (Å²) < 4.78 is 10.9. The minimum absolute atomic E-state index is 0.147. The number of aryl methyl sites for hydroxylation is 1. The van der Waals surface area contributed by atoms with Crippen molar-refractivity contribution in [3.05, 3.63) is 46.6 Å². The van der Waals surface area contributed by atoms with Gasteiger partial charge in [-0.3, -0.25) is 4.79 Å². The highest BCUT2D eigenvalue weighted by Gasteiger charge is 2.23. The molecule has 3 aromatic heterocycles. The number of hydrogen-bond donors (Lipinski definition) is 1. The van der Waals surface area contributed by atoms with Crippen molar-refractivity contribution in [2.75, 3.05) is 0 Å². The molecule has 3 heterocycles. The van der Waals surface area contributed by atoms with E-state index in [1.165, 1.54) is 11.3 Å². The molecule has 0 saturated heterocycles. The van der Waals surface area contributed by atoms with Crippen LogP contribution < -0.4 is 5.32 Å². The summed E-state index contributed by atoms with van der Waals surface area (Å²) in [7, 11) is 0. The van der Waals surface area contributed by atoms with E-state index in [0.717, 1.165) is 10.6 Å². The first-order chi connectivity index (χ1) is 11.3. The van der Waals surface area contributed by atoms with Gasteiger partial charge in [-0.05, 0) is 24.4 Å². The van der Waals surface area contributed by atoms with Gasteiger partial charge in [-0.25, -0.2) is 0 Å². The third-order valence-corrected chi connectivity index (χ3v) is 4.38. The van der Waals surface area contributed by atoms with Gasteiger partial charge in [-0.2, -0.15) is 4.98 Å². The number of thiophene rings is 1. The topological polar surface area (TPSA) is 81.2 Å².